The second-order valence-electron chi connectivity index (χ2n) is 6.35. The number of aliphatic hydroxyl groups is 3. The van der Waals surface area contributed by atoms with Gasteiger partial charge in [0.05, 0.1) is 37.1 Å². The first-order chi connectivity index (χ1) is 9.86. The third-order valence-electron chi connectivity index (χ3n) is 4.83. The molecule has 21 heavy (non-hydrogen) atoms. The van der Waals surface area contributed by atoms with Crippen molar-refractivity contribution in [2.24, 2.45) is 28.9 Å². The summed E-state index contributed by atoms with van der Waals surface area (Å²) in [5, 5.41) is 29.4. The van der Waals surface area contributed by atoms with Crippen LogP contribution in [0.1, 0.15) is 19.3 Å². The van der Waals surface area contributed by atoms with Crippen LogP contribution in [-0.4, -0.2) is 70.5 Å². The molecule has 0 bridgehead atoms. The van der Waals surface area contributed by atoms with Gasteiger partial charge >= 0.3 is 0 Å². The van der Waals surface area contributed by atoms with Crippen LogP contribution in [0.3, 0.4) is 0 Å². The van der Waals surface area contributed by atoms with Crippen molar-refractivity contribution < 1.29 is 20.1 Å². The molecule has 0 spiro atoms. The van der Waals surface area contributed by atoms with E-state index < -0.39 is 42.4 Å². The van der Waals surface area contributed by atoms with E-state index in [4.69, 9.17) is 32.8 Å². The van der Waals surface area contributed by atoms with Gasteiger partial charge in [-0.3, -0.25) is 0 Å². The highest BCUT2D eigenvalue weighted by Gasteiger charge is 2.48. The molecule has 11 N–H and O–H groups in total. The van der Waals surface area contributed by atoms with Gasteiger partial charge in [0.15, 0.2) is 0 Å². The van der Waals surface area contributed by atoms with E-state index in [0.717, 1.165) is 0 Å². The maximum atomic E-state index is 10.3. The first kappa shape index (κ1) is 17.0. The van der Waals surface area contributed by atoms with Crippen molar-refractivity contribution in [3.05, 3.63) is 0 Å². The molecule has 1 saturated carbocycles. The second-order valence-corrected chi connectivity index (χ2v) is 6.35. The molecule has 8 nitrogen and oxygen atoms in total. The van der Waals surface area contributed by atoms with Crippen LogP contribution in [0.2, 0.25) is 0 Å². The van der Waals surface area contributed by atoms with Crippen LogP contribution in [0.5, 0.6) is 0 Å². The van der Waals surface area contributed by atoms with Crippen molar-refractivity contribution in [3.8, 4) is 0 Å². The first-order valence-corrected chi connectivity index (χ1v) is 7.51. The van der Waals surface area contributed by atoms with E-state index >= 15 is 0 Å². The molecule has 1 heterocycles. The average Bonchev–Trinajstić information content (AvgIpc) is 2.46. The molecule has 1 saturated heterocycles. The highest BCUT2D eigenvalue weighted by molar-refractivity contribution is 5.03. The lowest BCUT2D eigenvalue weighted by atomic mass is 9.72. The molecular formula is C13H28N4O4. The molecule has 0 radical (unpaired) electrons. The highest BCUT2D eigenvalue weighted by atomic mass is 16.5. The van der Waals surface area contributed by atoms with Gasteiger partial charge in [0.1, 0.15) is 0 Å². The van der Waals surface area contributed by atoms with Gasteiger partial charge in [0.25, 0.3) is 0 Å². The Morgan fingerprint density at radius 1 is 1.00 bits per heavy atom. The van der Waals surface area contributed by atoms with Crippen LogP contribution < -0.4 is 22.9 Å². The highest BCUT2D eigenvalue weighted by Crippen LogP contribution is 2.33. The lowest BCUT2D eigenvalue weighted by molar-refractivity contribution is -0.158. The van der Waals surface area contributed by atoms with Crippen molar-refractivity contribution in [3.63, 3.8) is 0 Å². The zero-order valence-corrected chi connectivity index (χ0v) is 12.1. The van der Waals surface area contributed by atoms with Crippen LogP contribution in [0.15, 0.2) is 0 Å². The molecule has 0 aromatic heterocycles. The summed E-state index contributed by atoms with van der Waals surface area (Å²) >= 11 is 0. The smallest absolute Gasteiger partial charge is 0.0954 e. The molecular weight excluding hydrogens is 276 g/mol. The summed E-state index contributed by atoms with van der Waals surface area (Å²) in [5.74, 6) is -0.497. The summed E-state index contributed by atoms with van der Waals surface area (Å²) < 4.78 is 5.91. The van der Waals surface area contributed by atoms with Gasteiger partial charge in [-0.2, -0.15) is 0 Å². The van der Waals surface area contributed by atoms with Crippen LogP contribution in [0, 0.1) is 5.92 Å². The van der Waals surface area contributed by atoms with Gasteiger partial charge in [-0.15, -0.1) is 0 Å². The van der Waals surface area contributed by atoms with E-state index in [1.54, 1.807) is 0 Å². The molecule has 9 atom stereocenters. The zero-order valence-electron chi connectivity index (χ0n) is 12.1. The molecule has 124 valence electrons. The Kier molecular flexibility index (Phi) is 5.55. The molecule has 0 amide bonds. The fourth-order valence-corrected chi connectivity index (χ4v) is 3.48. The average molecular weight is 304 g/mol. The number of hydrogen-bond donors (Lipinski definition) is 7. The molecule has 0 aromatic rings. The summed E-state index contributed by atoms with van der Waals surface area (Å²) in [6, 6.07) is -1.75. The van der Waals surface area contributed by atoms with Gasteiger partial charge in [-0.25, -0.2) is 0 Å². The standard InChI is InChI=1S/C13H28N4O4/c14-5-1-2-9(8(17)4-18)21-13(5)10-6(15)3-7(16)11(19)12(10)20/h5-13,18-20H,1-4,14-17H2/t5-,6?,7?,8+,9+,10-,11+,12?,13?/m1/s1. The predicted octanol–water partition coefficient (Wildman–Crippen LogP) is -3.42. The Balaban J connectivity index is 2.13. The van der Waals surface area contributed by atoms with Crippen LogP contribution >= 0.6 is 0 Å². The Bertz CT molecular complexity index is 348. The van der Waals surface area contributed by atoms with Crippen LogP contribution in [0.25, 0.3) is 0 Å². The van der Waals surface area contributed by atoms with E-state index in [1.165, 1.54) is 0 Å². The zero-order chi connectivity index (χ0) is 15.7. The summed E-state index contributed by atoms with van der Waals surface area (Å²) in [7, 11) is 0. The third kappa shape index (κ3) is 3.38. The topological polar surface area (TPSA) is 174 Å². The maximum Gasteiger partial charge on any atom is 0.0954 e. The molecule has 2 fully saturated rings. The van der Waals surface area contributed by atoms with Crippen molar-refractivity contribution in [2.75, 3.05) is 6.61 Å². The second kappa shape index (κ2) is 6.84. The quantitative estimate of drug-likeness (QED) is 0.282. The summed E-state index contributed by atoms with van der Waals surface area (Å²) in [4.78, 5) is 0. The van der Waals surface area contributed by atoms with Gasteiger partial charge in [-0.1, -0.05) is 0 Å². The maximum absolute atomic E-state index is 10.3. The minimum absolute atomic E-state index is 0.181. The van der Waals surface area contributed by atoms with Crippen molar-refractivity contribution in [1.29, 1.82) is 0 Å². The monoisotopic (exact) mass is 304 g/mol. The summed E-state index contributed by atoms with van der Waals surface area (Å²) in [5.41, 5.74) is 23.8. The number of nitrogens with two attached hydrogens (primary N) is 4. The van der Waals surface area contributed by atoms with Gasteiger partial charge in [-0.05, 0) is 19.3 Å². The van der Waals surface area contributed by atoms with E-state index in [-0.39, 0.29) is 18.8 Å². The van der Waals surface area contributed by atoms with E-state index in [9.17, 15) is 10.2 Å². The molecule has 2 aliphatic rings. The van der Waals surface area contributed by atoms with Crippen molar-refractivity contribution >= 4 is 0 Å². The van der Waals surface area contributed by atoms with E-state index in [1.807, 2.05) is 0 Å². The molecule has 2 rings (SSSR count). The number of rotatable bonds is 3. The van der Waals surface area contributed by atoms with Crippen LogP contribution in [0.4, 0.5) is 0 Å². The predicted molar refractivity (Wildman–Crippen MR) is 77.0 cm³/mol. The molecule has 4 unspecified atom stereocenters. The number of aliphatic hydroxyl groups excluding tert-OH is 3. The normalized spacial score (nSPS) is 49.9. The van der Waals surface area contributed by atoms with Gasteiger partial charge < -0.3 is 43.0 Å². The number of hydrogen-bond acceptors (Lipinski definition) is 8. The summed E-state index contributed by atoms with van der Waals surface area (Å²) in [6.07, 6.45) is -1.24. The summed E-state index contributed by atoms with van der Waals surface area (Å²) in [6.45, 7) is -0.181. The fraction of sp³-hybridized carbons (Fsp3) is 1.00. The fourth-order valence-electron chi connectivity index (χ4n) is 3.48. The molecule has 8 heteroatoms. The van der Waals surface area contributed by atoms with Crippen LogP contribution in [-0.2, 0) is 4.74 Å². The molecule has 1 aliphatic heterocycles. The SMILES string of the molecule is NC1CC(N)[C@@H](C2O[C@H]([C@@H](N)CO)CC[C@H]2N)C(O)[C@H]1O. The third-order valence-corrected chi connectivity index (χ3v) is 4.83. The number of ether oxygens (including phenoxy) is 1. The minimum atomic E-state index is -1.08. The first-order valence-electron chi connectivity index (χ1n) is 7.51. The molecule has 0 aromatic carbocycles. The largest absolute Gasteiger partial charge is 0.395 e. The van der Waals surface area contributed by atoms with E-state index in [0.29, 0.717) is 19.3 Å². The van der Waals surface area contributed by atoms with Crippen molar-refractivity contribution in [2.45, 2.75) is 67.8 Å². The lowest BCUT2D eigenvalue weighted by Gasteiger charge is -2.48. The Labute approximate surface area is 124 Å². The Hall–Kier alpha value is -0.320. The lowest BCUT2D eigenvalue weighted by Crippen LogP contribution is -2.65. The minimum Gasteiger partial charge on any atom is -0.395 e. The van der Waals surface area contributed by atoms with Gasteiger partial charge in [0.2, 0.25) is 0 Å². The Morgan fingerprint density at radius 2 is 1.67 bits per heavy atom. The Morgan fingerprint density at radius 3 is 2.29 bits per heavy atom. The van der Waals surface area contributed by atoms with E-state index in [2.05, 4.69) is 0 Å². The molecule has 1 aliphatic carbocycles. The van der Waals surface area contributed by atoms with Crippen molar-refractivity contribution in [1.82, 2.24) is 0 Å². The van der Waals surface area contributed by atoms with Gasteiger partial charge in [0, 0.05) is 24.0 Å².